The average molecular weight is 364 g/mol. The first-order chi connectivity index (χ1) is 12.7. The van der Waals surface area contributed by atoms with Gasteiger partial charge in [0.1, 0.15) is 5.69 Å². The predicted molar refractivity (Wildman–Crippen MR) is 105 cm³/mol. The molecule has 0 bridgehead atoms. The van der Waals surface area contributed by atoms with Gasteiger partial charge in [0.15, 0.2) is 0 Å². The van der Waals surface area contributed by atoms with Gasteiger partial charge in [0.2, 0.25) is 0 Å². The van der Waals surface area contributed by atoms with Crippen LogP contribution >= 0.6 is 11.3 Å². The fourth-order valence-electron chi connectivity index (χ4n) is 3.31. The number of thiophene rings is 1. The number of aromatic nitrogens is 2. The zero-order chi connectivity index (χ0) is 17.9. The Kier molecular flexibility index (Phi) is 4.75. The highest BCUT2D eigenvalue weighted by Gasteiger charge is 2.21. The van der Waals surface area contributed by atoms with E-state index in [1.165, 1.54) is 29.5 Å². The Labute approximate surface area is 156 Å². The van der Waals surface area contributed by atoms with Crippen molar-refractivity contribution in [2.45, 2.75) is 32.6 Å². The third kappa shape index (κ3) is 3.51. The van der Waals surface area contributed by atoms with Crippen LogP contribution in [-0.4, -0.2) is 22.1 Å². The number of hydrazone groups is 1. The summed E-state index contributed by atoms with van der Waals surface area (Å²) in [5, 5.41) is 4.04. The lowest BCUT2D eigenvalue weighted by Crippen LogP contribution is -2.16. The third-order valence-electron chi connectivity index (χ3n) is 4.82. The van der Waals surface area contributed by atoms with E-state index in [4.69, 9.17) is 0 Å². The molecule has 0 radical (unpaired) electrons. The average Bonchev–Trinajstić information content (AvgIpc) is 3.11. The number of nitrogens with one attached hydrogen (secondary N) is 1. The molecule has 0 fully saturated rings. The standard InChI is InChI=1S/C20H20N4OS/c1-2-13-7-8-18-14(9-13)10-19(26-18)20(25)24-22-12-15-11-21-16-5-3-4-6-17(16)23-15/h3-6,10-13H,2,7-9H2,1H3,(H,24,25)/b22-12-/t13-/m0/s1. The quantitative estimate of drug-likeness (QED) is 0.563. The van der Waals surface area contributed by atoms with Gasteiger partial charge in [0.05, 0.1) is 28.3 Å². The van der Waals surface area contributed by atoms with E-state index < -0.39 is 0 Å². The highest BCUT2D eigenvalue weighted by molar-refractivity contribution is 7.14. The zero-order valence-corrected chi connectivity index (χ0v) is 15.4. The number of fused-ring (bicyclic) bond motifs is 2. The Morgan fingerprint density at radius 2 is 2.23 bits per heavy atom. The summed E-state index contributed by atoms with van der Waals surface area (Å²) in [6, 6.07) is 9.68. The van der Waals surface area contributed by atoms with E-state index in [2.05, 4.69) is 27.4 Å². The number of carbonyl (C=O) groups excluding carboxylic acids is 1. The van der Waals surface area contributed by atoms with Crippen LogP contribution in [-0.2, 0) is 12.8 Å². The first-order valence-corrected chi connectivity index (χ1v) is 9.71. The molecule has 0 saturated heterocycles. The number of para-hydroxylation sites is 2. The molecule has 0 spiro atoms. The minimum atomic E-state index is -0.164. The maximum absolute atomic E-state index is 12.4. The van der Waals surface area contributed by atoms with Crippen molar-refractivity contribution in [1.82, 2.24) is 15.4 Å². The molecular formula is C20H20N4OS. The summed E-state index contributed by atoms with van der Waals surface area (Å²) >= 11 is 1.59. The van der Waals surface area contributed by atoms with Crippen LogP contribution in [0.5, 0.6) is 0 Å². The topological polar surface area (TPSA) is 67.2 Å². The number of carbonyl (C=O) groups is 1. The summed E-state index contributed by atoms with van der Waals surface area (Å²) < 4.78 is 0. The second-order valence-corrected chi connectivity index (χ2v) is 7.70. The van der Waals surface area contributed by atoms with Crippen molar-refractivity contribution < 1.29 is 4.79 Å². The highest BCUT2D eigenvalue weighted by Crippen LogP contribution is 2.33. The van der Waals surface area contributed by atoms with Crippen molar-refractivity contribution in [3.05, 3.63) is 57.5 Å². The molecule has 1 atom stereocenters. The van der Waals surface area contributed by atoms with Gasteiger partial charge in [-0.1, -0.05) is 25.5 Å². The SMILES string of the molecule is CC[C@H]1CCc2sc(C(=O)N/N=C\c3cnc4ccccc4n3)cc2C1. The van der Waals surface area contributed by atoms with Gasteiger partial charge in [-0.3, -0.25) is 9.78 Å². The fourth-order valence-corrected chi connectivity index (χ4v) is 4.40. The lowest BCUT2D eigenvalue weighted by Gasteiger charge is -2.19. The number of aryl methyl sites for hydroxylation is 1. The van der Waals surface area contributed by atoms with Crippen LogP contribution in [0.2, 0.25) is 0 Å². The van der Waals surface area contributed by atoms with Gasteiger partial charge in [0.25, 0.3) is 5.91 Å². The van der Waals surface area contributed by atoms with E-state index in [-0.39, 0.29) is 5.91 Å². The second kappa shape index (κ2) is 7.33. The van der Waals surface area contributed by atoms with Crippen molar-refractivity contribution in [2.75, 3.05) is 0 Å². The molecule has 26 heavy (non-hydrogen) atoms. The van der Waals surface area contributed by atoms with Gasteiger partial charge in [-0.2, -0.15) is 5.10 Å². The second-order valence-electron chi connectivity index (χ2n) is 6.56. The maximum atomic E-state index is 12.4. The molecule has 4 rings (SSSR count). The van der Waals surface area contributed by atoms with Gasteiger partial charge in [-0.15, -0.1) is 11.3 Å². The molecule has 0 unspecified atom stereocenters. The Morgan fingerprint density at radius 1 is 1.38 bits per heavy atom. The van der Waals surface area contributed by atoms with E-state index in [0.717, 1.165) is 34.7 Å². The van der Waals surface area contributed by atoms with Crippen molar-refractivity contribution >= 4 is 34.5 Å². The lowest BCUT2D eigenvalue weighted by molar-refractivity contribution is 0.0959. The lowest BCUT2D eigenvalue weighted by atomic mass is 9.87. The molecular weight excluding hydrogens is 344 g/mol. The summed E-state index contributed by atoms with van der Waals surface area (Å²) in [7, 11) is 0. The molecule has 0 saturated carbocycles. The van der Waals surface area contributed by atoms with E-state index in [9.17, 15) is 4.79 Å². The summed E-state index contributed by atoms with van der Waals surface area (Å²) in [4.78, 5) is 23.2. The van der Waals surface area contributed by atoms with E-state index in [0.29, 0.717) is 5.69 Å². The molecule has 1 aliphatic rings. The van der Waals surface area contributed by atoms with Crippen LogP contribution < -0.4 is 5.43 Å². The molecule has 1 amide bonds. The molecule has 2 heterocycles. The van der Waals surface area contributed by atoms with E-state index >= 15 is 0 Å². The Bertz CT molecular complexity index is 979. The number of benzene rings is 1. The van der Waals surface area contributed by atoms with Gasteiger partial charge in [-0.25, -0.2) is 10.4 Å². The molecule has 2 aromatic heterocycles. The number of amides is 1. The van der Waals surface area contributed by atoms with Crippen molar-refractivity contribution in [1.29, 1.82) is 0 Å². The van der Waals surface area contributed by atoms with Crippen LogP contribution in [0.3, 0.4) is 0 Å². The minimum absolute atomic E-state index is 0.164. The normalized spacial score (nSPS) is 16.7. The van der Waals surface area contributed by atoms with Crippen LogP contribution in [0.4, 0.5) is 0 Å². The Morgan fingerprint density at radius 3 is 3.08 bits per heavy atom. The predicted octanol–water partition coefficient (Wildman–Crippen LogP) is 3.97. The van der Waals surface area contributed by atoms with E-state index in [1.807, 2.05) is 30.3 Å². The zero-order valence-electron chi connectivity index (χ0n) is 14.6. The Hall–Kier alpha value is -2.60. The van der Waals surface area contributed by atoms with Crippen LogP contribution in [0.1, 0.15) is 45.6 Å². The van der Waals surface area contributed by atoms with Crippen LogP contribution in [0.25, 0.3) is 11.0 Å². The molecule has 5 nitrogen and oxygen atoms in total. The number of nitrogens with zero attached hydrogens (tertiary/aromatic N) is 3. The van der Waals surface area contributed by atoms with Gasteiger partial charge >= 0.3 is 0 Å². The molecule has 132 valence electrons. The van der Waals surface area contributed by atoms with Crippen molar-refractivity contribution in [3.63, 3.8) is 0 Å². The molecule has 0 aliphatic heterocycles. The smallest absolute Gasteiger partial charge is 0.266 e. The number of hydrogen-bond donors (Lipinski definition) is 1. The van der Waals surface area contributed by atoms with Gasteiger partial charge in [-0.05, 0) is 48.9 Å². The Balaban J connectivity index is 1.43. The van der Waals surface area contributed by atoms with Crippen LogP contribution in [0.15, 0.2) is 41.6 Å². The van der Waals surface area contributed by atoms with Gasteiger partial charge in [0, 0.05) is 4.88 Å². The molecule has 6 heteroatoms. The molecule has 1 N–H and O–H groups in total. The summed E-state index contributed by atoms with van der Waals surface area (Å²) in [5.41, 5.74) is 6.19. The molecule has 1 aromatic carbocycles. The minimum Gasteiger partial charge on any atom is -0.266 e. The first kappa shape index (κ1) is 16.8. The summed E-state index contributed by atoms with van der Waals surface area (Å²) in [6.45, 7) is 2.24. The maximum Gasteiger partial charge on any atom is 0.281 e. The van der Waals surface area contributed by atoms with Crippen molar-refractivity contribution in [3.8, 4) is 0 Å². The van der Waals surface area contributed by atoms with Gasteiger partial charge < -0.3 is 0 Å². The fraction of sp³-hybridized carbons (Fsp3) is 0.300. The highest BCUT2D eigenvalue weighted by atomic mass is 32.1. The summed E-state index contributed by atoms with van der Waals surface area (Å²) in [6.07, 6.45) is 7.77. The largest absolute Gasteiger partial charge is 0.281 e. The summed E-state index contributed by atoms with van der Waals surface area (Å²) in [5.74, 6) is 0.583. The third-order valence-corrected chi connectivity index (χ3v) is 6.05. The number of rotatable bonds is 4. The molecule has 1 aliphatic carbocycles. The number of hydrogen-bond acceptors (Lipinski definition) is 5. The van der Waals surface area contributed by atoms with E-state index in [1.54, 1.807) is 17.5 Å². The van der Waals surface area contributed by atoms with Crippen molar-refractivity contribution in [2.24, 2.45) is 11.0 Å². The first-order valence-electron chi connectivity index (χ1n) is 8.89. The monoisotopic (exact) mass is 364 g/mol. The molecule has 3 aromatic rings. The van der Waals surface area contributed by atoms with Crippen LogP contribution in [0, 0.1) is 5.92 Å².